The van der Waals surface area contributed by atoms with Crippen LogP contribution < -0.4 is 0 Å². The van der Waals surface area contributed by atoms with E-state index in [1.54, 1.807) is 13.8 Å². The van der Waals surface area contributed by atoms with Crippen molar-refractivity contribution in [2.45, 2.75) is 31.8 Å². The van der Waals surface area contributed by atoms with Crippen molar-refractivity contribution >= 4 is 16.2 Å². The first-order valence-corrected chi connectivity index (χ1v) is 5.06. The van der Waals surface area contributed by atoms with Crippen LogP contribution in [0.4, 0.5) is 0 Å². The van der Waals surface area contributed by atoms with Crippen molar-refractivity contribution in [2.24, 2.45) is 0 Å². The lowest BCUT2D eigenvalue weighted by Crippen LogP contribution is -2.38. The van der Waals surface area contributed by atoms with E-state index in [-0.39, 0.29) is 6.10 Å². The first kappa shape index (κ1) is 14.3. The monoisotopic (exact) mass is 229 g/mol. The molecule has 0 saturated heterocycles. The van der Waals surface area contributed by atoms with Crippen LogP contribution in [0.1, 0.15) is 20.3 Å². The van der Waals surface area contributed by atoms with Crippen molar-refractivity contribution in [3.63, 3.8) is 0 Å². The maximum absolute atomic E-state index is 11.2. The second-order valence-corrected chi connectivity index (χ2v) is 4.12. The minimum Gasteiger partial charge on any atom is -0.459 e. The predicted molar refractivity (Wildman–Crippen MR) is 57.5 cm³/mol. The average Bonchev–Trinajstić information content (AvgIpc) is 2.17. The molecule has 0 aliphatic carbocycles. The summed E-state index contributed by atoms with van der Waals surface area (Å²) < 4.78 is 15.2. The first-order chi connectivity index (χ1) is 6.84. The summed E-state index contributed by atoms with van der Waals surface area (Å²) in [7, 11) is 6.31. The third kappa shape index (κ3) is 5.11. The van der Waals surface area contributed by atoms with E-state index in [0.717, 1.165) is 0 Å². The van der Waals surface area contributed by atoms with Gasteiger partial charge >= 0.3 is 5.97 Å². The zero-order valence-electron chi connectivity index (χ0n) is 9.62. The SMILES string of the molecule is C=C(C)C(=O)OC(C)CC([Si])(OC)OC. The fourth-order valence-electron chi connectivity index (χ4n) is 0.953. The maximum Gasteiger partial charge on any atom is 0.333 e. The Morgan fingerprint density at radius 1 is 1.47 bits per heavy atom. The lowest BCUT2D eigenvalue weighted by molar-refractivity contribution is -0.170. The van der Waals surface area contributed by atoms with E-state index in [2.05, 4.69) is 16.8 Å². The van der Waals surface area contributed by atoms with Crippen LogP contribution in [-0.4, -0.2) is 41.9 Å². The summed E-state index contributed by atoms with van der Waals surface area (Å²) in [5, 5.41) is 0. The lowest BCUT2D eigenvalue weighted by atomic mass is 10.2. The molecule has 0 fully saturated rings. The molecule has 0 heterocycles. The number of methoxy groups -OCH3 is 2. The average molecular weight is 229 g/mol. The van der Waals surface area contributed by atoms with Crippen molar-refractivity contribution in [2.75, 3.05) is 14.2 Å². The Hall–Kier alpha value is -0.653. The second-order valence-electron chi connectivity index (χ2n) is 3.36. The summed E-state index contributed by atoms with van der Waals surface area (Å²) in [6.07, 6.45) is 0.0576. The number of carbonyl (C=O) groups excluding carboxylic acids is 1. The van der Waals surface area contributed by atoms with Crippen LogP contribution in [0.25, 0.3) is 0 Å². The molecule has 0 aliphatic heterocycles. The van der Waals surface area contributed by atoms with E-state index < -0.39 is 11.4 Å². The highest BCUT2D eigenvalue weighted by molar-refractivity contribution is 6.13. The van der Waals surface area contributed by atoms with E-state index in [1.165, 1.54) is 14.2 Å². The molecule has 0 aliphatic rings. The van der Waals surface area contributed by atoms with E-state index >= 15 is 0 Å². The lowest BCUT2D eigenvalue weighted by Gasteiger charge is -2.29. The number of ether oxygens (including phenoxy) is 3. The molecule has 85 valence electrons. The van der Waals surface area contributed by atoms with Gasteiger partial charge in [-0.1, -0.05) is 6.58 Å². The van der Waals surface area contributed by atoms with Crippen molar-refractivity contribution in [3.8, 4) is 0 Å². The van der Waals surface area contributed by atoms with Gasteiger partial charge in [-0.25, -0.2) is 4.79 Å². The van der Waals surface area contributed by atoms with Gasteiger partial charge in [0.05, 0.1) is 0 Å². The molecule has 15 heavy (non-hydrogen) atoms. The maximum atomic E-state index is 11.2. The number of carbonyl (C=O) groups is 1. The number of hydrogen-bond acceptors (Lipinski definition) is 4. The van der Waals surface area contributed by atoms with Crippen LogP contribution in [0.2, 0.25) is 0 Å². The summed E-state index contributed by atoms with van der Waals surface area (Å²) in [5.41, 5.74) is -0.550. The zero-order chi connectivity index (χ0) is 12.1. The summed E-state index contributed by atoms with van der Waals surface area (Å²) in [6.45, 7) is 6.85. The van der Waals surface area contributed by atoms with Gasteiger partial charge < -0.3 is 14.2 Å². The summed E-state index contributed by atoms with van der Waals surface area (Å²) >= 11 is 0. The van der Waals surface area contributed by atoms with Crippen LogP contribution in [-0.2, 0) is 19.0 Å². The Balaban J connectivity index is 4.19. The third-order valence-corrected chi connectivity index (χ3v) is 2.48. The third-order valence-electron chi connectivity index (χ3n) is 1.87. The molecule has 1 unspecified atom stereocenters. The predicted octanol–water partition coefficient (Wildman–Crippen LogP) is 0.999. The Morgan fingerprint density at radius 2 is 1.93 bits per heavy atom. The van der Waals surface area contributed by atoms with E-state index in [4.69, 9.17) is 14.2 Å². The van der Waals surface area contributed by atoms with Crippen LogP contribution in [0.3, 0.4) is 0 Å². The quantitative estimate of drug-likeness (QED) is 0.295. The molecule has 0 bridgehead atoms. The molecule has 4 nitrogen and oxygen atoms in total. The molecule has 5 heteroatoms. The largest absolute Gasteiger partial charge is 0.459 e. The summed E-state index contributed by atoms with van der Waals surface area (Å²) in [5.74, 6) is -0.413. The molecule has 1 atom stereocenters. The van der Waals surface area contributed by atoms with Gasteiger partial charge in [-0.05, 0) is 13.8 Å². The molecular formula is C10H17O4Si. The molecule has 0 rings (SSSR count). The molecule has 0 saturated carbocycles. The Morgan fingerprint density at radius 3 is 2.27 bits per heavy atom. The van der Waals surface area contributed by atoms with E-state index in [1.807, 2.05) is 0 Å². The number of esters is 1. The number of hydrogen-bond donors (Lipinski definition) is 0. The second kappa shape index (κ2) is 6.04. The number of rotatable bonds is 6. The van der Waals surface area contributed by atoms with Crippen LogP contribution >= 0.6 is 0 Å². The fourth-order valence-corrected chi connectivity index (χ4v) is 1.24. The highest BCUT2D eigenvalue weighted by Crippen LogP contribution is 2.16. The molecule has 0 aromatic heterocycles. The molecule has 0 N–H and O–H groups in total. The van der Waals surface area contributed by atoms with Gasteiger partial charge in [0.2, 0.25) is 0 Å². The van der Waals surface area contributed by atoms with Gasteiger partial charge in [0.15, 0.2) is 0 Å². The van der Waals surface area contributed by atoms with E-state index in [0.29, 0.717) is 12.0 Å². The molecular weight excluding hydrogens is 212 g/mol. The van der Waals surface area contributed by atoms with Crippen LogP contribution in [0.5, 0.6) is 0 Å². The molecule has 3 radical (unpaired) electrons. The van der Waals surface area contributed by atoms with Crippen molar-refractivity contribution in [1.82, 2.24) is 0 Å². The van der Waals surface area contributed by atoms with Crippen molar-refractivity contribution < 1.29 is 19.0 Å². The molecule has 0 amide bonds. The van der Waals surface area contributed by atoms with Crippen molar-refractivity contribution in [1.29, 1.82) is 0 Å². The molecule has 0 aromatic rings. The standard InChI is InChI=1S/C10H17O4Si/c1-7(2)9(11)14-8(3)6-10(15,12-4)13-5/h8H,1,6H2,2-5H3. The molecule has 0 aromatic carbocycles. The highest BCUT2D eigenvalue weighted by Gasteiger charge is 2.27. The van der Waals surface area contributed by atoms with Gasteiger partial charge in [-0.2, -0.15) is 0 Å². The molecule has 0 spiro atoms. The van der Waals surface area contributed by atoms with Gasteiger partial charge in [0, 0.05) is 26.2 Å². The Bertz CT molecular complexity index is 236. The van der Waals surface area contributed by atoms with Gasteiger partial charge in [-0.3, -0.25) is 0 Å². The normalized spacial score (nSPS) is 13.4. The minimum absolute atomic E-state index is 0.327. The first-order valence-electron chi connectivity index (χ1n) is 4.56. The van der Waals surface area contributed by atoms with Crippen molar-refractivity contribution in [3.05, 3.63) is 12.2 Å². The van der Waals surface area contributed by atoms with Gasteiger partial charge in [0.1, 0.15) is 21.8 Å². The smallest absolute Gasteiger partial charge is 0.333 e. The summed E-state index contributed by atoms with van der Waals surface area (Å²) in [6, 6.07) is 0. The van der Waals surface area contributed by atoms with Crippen LogP contribution in [0, 0.1) is 0 Å². The highest BCUT2D eigenvalue weighted by atomic mass is 28.1. The van der Waals surface area contributed by atoms with Gasteiger partial charge in [0.25, 0.3) is 0 Å². The summed E-state index contributed by atoms with van der Waals surface area (Å²) in [4.78, 5) is 11.2. The zero-order valence-corrected chi connectivity index (χ0v) is 10.6. The Kier molecular flexibility index (Phi) is 5.78. The van der Waals surface area contributed by atoms with Crippen LogP contribution in [0.15, 0.2) is 12.2 Å². The fraction of sp³-hybridized carbons (Fsp3) is 0.700. The van der Waals surface area contributed by atoms with Gasteiger partial charge in [-0.15, -0.1) is 0 Å². The van der Waals surface area contributed by atoms with E-state index in [9.17, 15) is 4.79 Å². The Labute approximate surface area is 94.0 Å². The minimum atomic E-state index is -0.922. The topological polar surface area (TPSA) is 44.8 Å².